The SMILES string of the molecule is C#CCOc1ccc(CCNC(=O)N(CC#C)Cc2ccc(F)cc2)cc1. The van der Waals surface area contributed by atoms with Crippen molar-refractivity contribution in [2.45, 2.75) is 13.0 Å². The van der Waals surface area contributed by atoms with Gasteiger partial charge in [-0.15, -0.1) is 12.8 Å². The van der Waals surface area contributed by atoms with Crippen molar-refractivity contribution in [3.63, 3.8) is 0 Å². The van der Waals surface area contributed by atoms with Gasteiger partial charge in [0.05, 0.1) is 6.54 Å². The maximum Gasteiger partial charge on any atom is 0.318 e. The minimum absolute atomic E-state index is 0.171. The topological polar surface area (TPSA) is 41.6 Å². The van der Waals surface area contributed by atoms with Gasteiger partial charge in [-0.05, 0) is 41.8 Å². The van der Waals surface area contributed by atoms with Gasteiger partial charge in [-0.2, -0.15) is 0 Å². The van der Waals surface area contributed by atoms with E-state index in [1.807, 2.05) is 24.3 Å². The Hall–Kier alpha value is -3.44. The van der Waals surface area contributed by atoms with E-state index in [0.717, 1.165) is 11.1 Å². The zero-order valence-corrected chi connectivity index (χ0v) is 15.0. The fourth-order valence-corrected chi connectivity index (χ4v) is 2.42. The van der Waals surface area contributed by atoms with E-state index < -0.39 is 0 Å². The molecule has 0 radical (unpaired) electrons. The van der Waals surface area contributed by atoms with Gasteiger partial charge in [-0.1, -0.05) is 36.1 Å². The van der Waals surface area contributed by atoms with Crippen LogP contribution in [0.4, 0.5) is 9.18 Å². The highest BCUT2D eigenvalue weighted by molar-refractivity contribution is 5.74. The van der Waals surface area contributed by atoms with Gasteiger partial charge >= 0.3 is 6.03 Å². The lowest BCUT2D eigenvalue weighted by molar-refractivity contribution is 0.202. The average molecular weight is 364 g/mol. The maximum atomic E-state index is 13.0. The molecule has 0 aromatic heterocycles. The molecule has 4 nitrogen and oxygen atoms in total. The molecule has 0 heterocycles. The molecular weight excluding hydrogens is 343 g/mol. The molecule has 0 atom stereocenters. The van der Waals surface area contributed by atoms with Crippen molar-refractivity contribution in [3.05, 3.63) is 65.5 Å². The predicted octanol–water partition coefficient (Wildman–Crippen LogP) is 3.23. The molecule has 0 unspecified atom stereocenters. The van der Waals surface area contributed by atoms with Gasteiger partial charge in [0.1, 0.15) is 18.2 Å². The number of ether oxygens (including phenoxy) is 1. The number of hydrogen-bond donors (Lipinski definition) is 1. The first-order valence-electron chi connectivity index (χ1n) is 8.48. The first-order valence-corrected chi connectivity index (χ1v) is 8.48. The monoisotopic (exact) mass is 364 g/mol. The number of benzene rings is 2. The van der Waals surface area contributed by atoms with E-state index in [4.69, 9.17) is 17.6 Å². The summed E-state index contributed by atoms with van der Waals surface area (Å²) < 4.78 is 18.3. The summed E-state index contributed by atoms with van der Waals surface area (Å²) in [7, 11) is 0. The molecule has 0 saturated carbocycles. The molecule has 1 N–H and O–H groups in total. The molecule has 2 rings (SSSR count). The second-order valence-corrected chi connectivity index (χ2v) is 5.81. The van der Waals surface area contributed by atoms with E-state index in [0.29, 0.717) is 25.3 Å². The van der Waals surface area contributed by atoms with Gasteiger partial charge in [0.2, 0.25) is 0 Å². The smallest absolute Gasteiger partial charge is 0.318 e. The molecule has 0 spiro atoms. The Morgan fingerprint density at radius 1 is 1.04 bits per heavy atom. The van der Waals surface area contributed by atoms with Crippen LogP contribution in [-0.2, 0) is 13.0 Å². The molecule has 138 valence electrons. The summed E-state index contributed by atoms with van der Waals surface area (Å²) in [5, 5.41) is 2.86. The van der Waals surface area contributed by atoms with Crippen LogP contribution in [0.15, 0.2) is 48.5 Å². The van der Waals surface area contributed by atoms with Crippen molar-refractivity contribution < 1.29 is 13.9 Å². The molecule has 27 heavy (non-hydrogen) atoms. The van der Waals surface area contributed by atoms with Gasteiger partial charge in [0, 0.05) is 13.1 Å². The van der Waals surface area contributed by atoms with Gasteiger partial charge in [0.25, 0.3) is 0 Å². The summed E-state index contributed by atoms with van der Waals surface area (Å²) in [6.45, 7) is 1.18. The number of nitrogens with zero attached hydrogens (tertiary/aromatic N) is 1. The van der Waals surface area contributed by atoms with Crippen molar-refractivity contribution in [3.8, 4) is 30.4 Å². The Bertz CT molecular complexity index is 817. The lowest BCUT2D eigenvalue weighted by Gasteiger charge is -2.21. The van der Waals surface area contributed by atoms with E-state index in [1.165, 1.54) is 17.0 Å². The van der Waals surface area contributed by atoms with Crippen molar-refractivity contribution in [1.29, 1.82) is 0 Å². The van der Waals surface area contributed by atoms with Crippen molar-refractivity contribution in [2.24, 2.45) is 0 Å². The zero-order chi connectivity index (χ0) is 19.5. The van der Waals surface area contributed by atoms with Gasteiger partial charge in [-0.25, -0.2) is 9.18 Å². The number of carbonyl (C=O) groups is 1. The normalized spacial score (nSPS) is 9.74. The van der Waals surface area contributed by atoms with Gasteiger partial charge in [-0.3, -0.25) is 0 Å². The second-order valence-electron chi connectivity index (χ2n) is 5.81. The summed E-state index contributed by atoms with van der Waals surface area (Å²) in [5.41, 5.74) is 1.87. The van der Waals surface area contributed by atoms with E-state index in [9.17, 15) is 9.18 Å². The second kappa shape index (κ2) is 10.5. The Balaban J connectivity index is 1.83. The van der Waals surface area contributed by atoms with Crippen LogP contribution in [0.2, 0.25) is 0 Å². The number of nitrogens with one attached hydrogen (secondary N) is 1. The minimum Gasteiger partial charge on any atom is -0.481 e. The average Bonchev–Trinajstić information content (AvgIpc) is 2.68. The lowest BCUT2D eigenvalue weighted by Crippen LogP contribution is -2.40. The maximum absolute atomic E-state index is 13.0. The van der Waals surface area contributed by atoms with Crippen molar-refractivity contribution in [2.75, 3.05) is 19.7 Å². The fourth-order valence-electron chi connectivity index (χ4n) is 2.42. The third-order valence-electron chi connectivity index (χ3n) is 3.79. The molecule has 2 aromatic carbocycles. The van der Waals surface area contributed by atoms with Crippen LogP contribution in [0.5, 0.6) is 5.75 Å². The standard InChI is InChI=1S/C22H21FN2O2/c1-3-15-25(17-19-5-9-20(23)10-6-19)22(26)24-14-13-18-7-11-21(12-8-18)27-16-4-2/h1-2,5-12H,13-17H2,(H,24,26). The first-order chi connectivity index (χ1) is 13.1. The third-order valence-corrected chi connectivity index (χ3v) is 3.79. The van der Waals surface area contributed by atoms with Crippen LogP contribution in [0.25, 0.3) is 0 Å². The van der Waals surface area contributed by atoms with E-state index in [-0.39, 0.29) is 25.0 Å². The predicted molar refractivity (Wildman–Crippen MR) is 104 cm³/mol. The van der Waals surface area contributed by atoms with E-state index in [1.54, 1.807) is 12.1 Å². The van der Waals surface area contributed by atoms with Gasteiger partial charge < -0.3 is 15.0 Å². The van der Waals surface area contributed by atoms with E-state index in [2.05, 4.69) is 17.2 Å². The first kappa shape index (κ1) is 19.9. The largest absolute Gasteiger partial charge is 0.481 e. The number of carbonyl (C=O) groups excluding carboxylic acids is 1. The molecule has 0 aliphatic carbocycles. The van der Waals surface area contributed by atoms with Crippen molar-refractivity contribution in [1.82, 2.24) is 10.2 Å². The molecule has 2 amide bonds. The minimum atomic E-state index is -0.317. The van der Waals surface area contributed by atoms with E-state index >= 15 is 0 Å². The highest BCUT2D eigenvalue weighted by atomic mass is 19.1. The van der Waals surface area contributed by atoms with Gasteiger partial charge in [0.15, 0.2) is 0 Å². The van der Waals surface area contributed by atoms with Crippen LogP contribution < -0.4 is 10.1 Å². The molecular formula is C22H21FN2O2. The highest BCUT2D eigenvalue weighted by Gasteiger charge is 2.12. The summed E-state index contributed by atoms with van der Waals surface area (Å²) in [4.78, 5) is 13.9. The van der Waals surface area contributed by atoms with Crippen molar-refractivity contribution >= 4 is 6.03 Å². The summed E-state index contributed by atoms with van der Waals surface area (Å²) in [5.74, 6) is 5.28. The quantitative estimate of drug-likeness (QED) is 0.731. The van der Waals surface area contributed by atoms with Crippen LogP contribution in [0, 0.1) is 30.5 Å². The number of amides is 2. The number of rotatable bonds is 8. The molecule has 5 heteroatoms. The summed E-state index contributed by atoms with van der Waals surface area (Å²) in [6, 6.07) is 13.3. The summed E-state index contributed by atoms with van der Waals surface area (Å²) in [6.07, 6.45) is 11.2. The molecule has 0 aliphatic heterocycles. The molecule has 0 fully saturated rings. The fraction of sp³-hybridized carbons (Fsp3) is 0.227. The van der Waals surface area contributed by atoms with Crippen LogP contribution in [0.1, 0.15) is 11.1 Å². The van der Waals surface area contributed by atoms with Crippen LogP contribution >= 0.6 is 0 Å². The van der Waals surface area contributed by atoms with Crippen LogP contribution in [-0.4, -0.2) is 30.6 Å². The van der Waals surface area contributed by atoms with Crippen LogP contribution in [0.3, 0.4) is 0 Å². The Morgan fingerprint density at radius 2 is 1.70 bits per heavy atom. The Kier molecular flexibility index (Phi) is 7.75. The molecule has 0 aliphatic rings. The Labute approximate surface area is 159 Å². The molecule has 2 aromatic rings. The third kappa shape index (κ3) is 6.76. The number of urea groups is 1. The number of terminal acetylenes is 2. The number of hydrogen-bond acceptors (Lipinski definition) is 2. The molecule has 0 saturated heterocycles. The zero-order valence-electron chi connectivity index (χ0n) is 15.0. The Morgan fingerprint density at radius 3 is 2.33 bits per heavy atom. The highest BCUT2D eigenvalue weighted by Crippen LogP contribution is 2.12. The number of halogens is 1. The summed E-state index contributed by atoms with van der Waals surface area (Å²) >= 11 is 0. The molecule has 0 bridgehead atoms. The lowest BCUT2D eigenvalue weighted by atomic mass is 10.1.